The van der Waals surface area contributed by atoms with E-state index in [2.05, 4.69) is 0 Å². The van der Waals surface area contributed by atoms with Crippen LogP contribution in [0.5, 0.6) is 0 Å². The maximum Gasteiger partial charge on any atom is 0.509 e. The second-order valence-electron chi connectivity index (χ2n) is 6.11. The Morgan fingerprint density at radius 1 is 1.17 bits per heavy atom. The van der Waals surface area contributed by atoms with Crippen molar-refractivity contribution in [2.75, 3.05) is 0 Å². The highest BCUT2D eigenvalue weighted by atomic mass is 16.7. The Labute approximate surface area is 109 Å². The van der Waals surface area contributed by atoms with E-state index in [1.165, 1.54) is 0 Å². The molecule has 0 radical (unpaired) electrons. The molecule has 0 fully saturated rings. The zero-order valence-corrected chi connectivity index (χ0v) is 12.2. The van der Waals surface area contributed by atoms with Crippen molar-refractivity contribution in [2.24, 2.45) is 0 Å². The Kier molecular flexibility index (Phi) is 6.10. The van der Waals surface area contributed by atoms with Gasteiger partial charge in [-0.05, 0) is 41.5 Å². The van der Waals surface area contributed by atoms with E-state index in [1.807, 2.05) is 0 Å². The molecule has 0 aliphatic heterocycles. The van der Waals surface area contributed by atoms with Crippen LogP contribution < -0.4 is 0 Å². The largest absolute Gasteiger partial charge is 0.509 e. The number of ether oxygens (including phenoxy) is 2. The van der Waals surface area contributed by atoms with E-state index >= 15 is 0 Å². The third-order valence-corrected chi connectivity index (χ3v) is 2.23. The number of carbonyl (C=O) groups excluding carboxylic acids is 1. The van der Waals surface area contributed by atoms with Gasteiger partial charge in [-0.25, -0.2) is 4.79 Å². The van der Waals surface area contributed by atoms with Crippen molar-refractivity contribution in [2.45, 2.75) is 77.8 Å². The first kappa shape index (κ1) is 17.2. The van der Waals surface area contributed by atoms with Crippen molar-refractivity contribution in [3.05, 3.63) is 0 Å². The van der Waals surface area contributed by atoms with E-state index in [0.29, 0.717) is 12.8 Å². The SMILES string of the molecule is CC(O)CC(C)(C)OC(=O)OC(C)CC(C)(C)O. The highest BCUT2D eigenvalue weighted by Gasteiger charge is 2.27. The van der Waals surface area contributed by atoms with Gasteiger partial charge in [0.15, 0.2) is 0 Å². The average molecular weight is 262 g/mol. The molecule has 0 spiro atoms. The molecule has 0 aliphatic rings. The smallest absolute Gasteiger partial charge is 0.431 e. The molecule has 0 aromatic rings. The Hall–Kier alpha value is -0.810. The lowest BCUT2D eigenvalue weighted by atomic mass is 10.0. The fourth-order valence-electron chi connectivity index (χ4n) is 1.91. The summed E-state index contributed by atoms with van der Waals surface area (Å²) in [6.45, 7) is 10.0. The predicted octanol–water partition coefficient (Wildman–Crippen LogP) is 2.24. The summed E-state index contributed by atoms with van der Waals surface area (Å²) in [4.78, 5) is 11.5. The second-order valence-corrected chi connectivity index (χ2v) is 6.11. The van der Waals surface area contributed by atoms with Gasteiger partial charge in [0.1, 0.15) is 11.7 Å². The van der Waals surface area contributed by atoms with E-state index in [1.54, 1.807) is 41.5 Å². The van der Waals surface area contributed by atoms with Crippen LogP contribution in [0.15, 0.2) is 0 Å². The summed E-state index contributed by atoms with van der Waals surface area (Å²) in [7, 11) is 0. The van der Waals surface area contributed by atoms with Gasteiger partial charge in [0.2, 0.25) is 0 Å². The van der Waals surface area contributed by atoms with Crippen molar-refractivity contribution in [1.29, 1.82) is 0 Å². The van der Waals surface area contributed by atoms with Crippen molar-refractivity contribution in [1.82, 2.24) is 0 Å². The Balaban J connectivity index is 4.18. The summed E-state index contributed by atoms with van der Waals surface area (Å²) < 4.78 is 10.2. The van der Waals surface area contributed by atoms with E-state index in [0.717, 1.165) is 0 Å². The highest BCUT2D eigenvalue weighted by molar-refractivity contribution is 5.60. The zero-order valence-electron chi connectivity index (χ0n) is 12.2. The number of hydrogen-bond acceptors (Lipinski definition) is 5. The molecule has 18 heavy (non-hydrogen) atoms. The summed E-state index contributed by atoms with van der Waals surface area (Å²) in [5.74, 6) is 0. The van der Waals surface area contributed by atoms with Crippen LogP contribution in [0.25, 0.3) is 0 Å². The molecular weight excluding hydrogens is 236 g/mol. The lowest BCUT2D eigenvalue weighted by Gasteiger charge is -2.27. The molecule has 0 rings (SSSR count). The average Bonchev–Trinajstić information content (AvgIpc) is 1.92. The van der Waals surface area contributed by atoms with Crippen LogP contribution >= 0.6 is 0 Å². The van der Waals surface area contributed by atoms with Gasteiger partial charge in [0, 0.05) is 12.8 Å². The molecule has 2 N–H and O–H groups in total. The Morgan fingerprint density at radius 2 is 1.67 bits per heavy atom. The van der Waals surface area contributed by atoms with Crippen molar-refractivity contribution >= 4 is 6.16 Å². The molecule has 2 unspecified atom stereocenters. The lowest BCUT2D eigenvalue weighted by molar-refractivity contribution is -0.0595. The minimum Gasteiger partial charge on any atom is -0.431 e. The van der Waals surface area contributed by atoms with Crippen LogP contribution in [0.1, 0.15) is 54.4 Å². The van der Waals surface area contributed by atoms with Crippen molar-refractivity contribution in [3.8, 4) is 0 Å². The molecular formula is C13H26O5. The van der Waals surface area contributed by atoms with Gasteiger partial charge in [-0.15, -0.1) is 0 Å². The first-order valence-electron chi connectivity index (χ1n) is 6.21. The third-order valence-electron chi connectivity index (χ3n) is 2.23. The molecule has 5 nitrogen and oxygen atoms in total. The normalized spacial score (nSPS) is 16.0. The topological polar surface area (TPSA) is 76.0 Å². The van der Waals surface area contributed by atoms with Gasteiger partial charge >= 0.3 is 6.16 Å². The molecule has 0 heterocycles. The second kappa shape index (κ2) is 6.38. The van der Waals surface area contributed by atoms with Gasteiger partial charge in [-0.2, -0.15) is 0 Å². The summed E-state index contributed by atoms with van der Waals surface area (Å²) in [6, 6.07) is 0. The molecule has 0 aliphatic carbocycles. The number of rotatable bonds is 6. The Bertz CT molecular complexity index is 265. The van der Waals surface area contributed by atoms with Crippen LogP contribution in [-0.2, 0) is 9.47 Å². The fraction of sp³-hybridized carbons (Fsp3) is 0.923. The number of aliphatic hydroxyl groups is 2. The van der Waals surface area contributed by atoms with Crippen LogP contribution in [0.4, 0.5) is 4.79 Å². The summed E-state index contributed by atoms with van der Waals surface area (Å²) in [5.41, 5.74) is -1.67. The van der Waals surface area contributed by atoms with E-state index < -0.39 is 29.6 Å². The Morgan fingerprint density at radius 3 is 2.06 bits per heavy atom. The molecule has 0 amide bonds. The highest BCUT2D eigenvalue weighted by Crippen LogP contribution is 2.19. The van der Waals surface area contributed by atoms with E-state index in [4.69, 9.17) is 9.47 Å². The zero-order chi connectivity index (χ0) is 14.6. The summed E-state index contributed by atoms with van der Waals surface area (Å²) >= 11 is 0. The number of aliphatic hydroxyl groups excluding tert-OH is 1. The van der Waals surface area contributed by atoms with Crippen molar-refractivity contribution < 1.29 is 24.5 Å². The maximum atomic E-state index is 11.5. The standard InChI is InChI=1S/C13H26O5/c1-9(14)7-13(5,6)18-11(15)17-10(2)8-12(3,4)16/h9-10,14,16H,7-8H2,1-6H3. The number of hydrogen-bond donors (Lipinski definition) is 2. The third kappa shape index (κ3) is 9.24. The van der Waals surface area contributed by atoms with E-state index in [9.17, 15) is 15.0 Å². The van der Waals surface area contributed by atoms with Gasteiger partial charge in [0.25, 0.3) is 0 Å². The van der Waals surface area contributed by atoms with Crippen LogP contribution in [-0.4, -0.2) is 39.8 Å². The van der Waals surface area contributed by atoms with Crippen LogP contribution in [0.2, 0.25) is 0 Å². The van der Waals surface area contributed by atoms with Gasteiger partial charge in [-0.3, -0.25) is 0 Å². The summed E-state index contributed by atoms with van der Waals surface area (Å²) in [5, 5.41) is 18.9. The van der Waals surface area contributed by atoms with Gasteiger partial charge in [-0.1, -0.05) is 0 Å². The van der Waals surface area contributed by atoms with E-state index in [-0.39, 0.29) is 0 Å². The summed E-state index contributed by atoms with van der Waals surface area (Å²) in [6.07, 6.45) is -1.10. The molecule has 108 valence electrons. The monoisotopic (exact) mass is 262 g/mol. The van der Waals surface area contributed by atoms with Gasteiger partial charge in [0.05, 0.1) is 11.7 Å². The predicted molar refractivity (Wildman–Crippen MR) is 68.3 cm³/mol. The number of carbonyl (C=O) groups is 1. The molecule has 0 saturated heterocycles. The molecule has 2 atom stereocenters. The fourth-order valence-corrected chi connectivity index (χ4v) is 1.91. The quantitative estimate of drug-likeness (QED) is 0.718. The minimum absolute atomic E-state index is 0.332. The first-order chi connectivity index (χ1) is 7.91. The molecule has 5 heteroatoms. The van der Waals surface area contributed by atoms with Gasteiger partial charge < -0.3 is 19.7 Å². The molecule has 0 saturated carbocycles. The van der Waals surface area contributed by atoms with Crippen LogP contribution in [0.3, 0.4) is 0 Å². The first-order valence-corrected chi connectivity index (χ1v) is 6.21. The molecule has 0 aromatic carbocycles. The van der Waals surface area contributed by atoms with Crippen LogP contribution in [0, 0.1) is 0 Å². The molecule has 0 bridgehead atoms. The molecule has 0 aromatic heterocycles. The van der Waals surface area contributed by atoms with Crippen molar-refractivity contribution in [3.63, 3.8) is 0 Å². The maximum absolute atomic E-state index is 11.5. The minimum atomic E-state index is -0.894. The lowest BCUT2D eigenvalue weighted by Crippen LogP contribution is -2.34.